The van der Waals surface area contributed by atoms with E-state index in [9.17, 15) is 0 Å². The summed E-state index contributed by atoms with van der Waals surface area (Å²) in [5.41, 5.74) is 0. The molecule has 1 nitrogen and oxygen atoms in total. The van der Waals surface area contributed by atoms with Gasteiger partial charge in [0.15, 0.2) is 0 Å². The van der Waals surface area contributed by atoms with E-state index >= 15 is 0 Å². The van der Waals surface area contributed by atoms with Crippen LogP contribution in [0.3, 0.4) is 0 Å². The second kappa shape index (κ2) is 13.0. The first kappa shape index (κ1) is 16.0. The third-order valence-corrected chi connectivity index (χ3v) is 2.96. The molecule has 0 spiro atoms. The largest absolute Gasteiger partial charge is 0.381 e. The summed E-state index contributed by atoms with van der Waals surface area (Å²) < 4.78 is 5.62. The van der Waals surface area contributed by atoms with E-state index < -0.39 is 0 Å². The minimum Gasteiger partial charge on any atom is -0.381 e. The molecule has 0 amide bonds. The van der Waals surface area contributed by atoms with Crippen LogP contribution in [-0.2, 0) is 4.74 Å². The zero-order chi connectivity index (χ0) is 12.1. The van der Waals surface area contributed by atoms with Gasteiger partial charge in [-0.15, -0.1) is 0 Å². The molecular weight excluding hydrogens is 196 g/mol. The Kier molecular flexibility index (Phi) is 13.0. The lowest BCUT2D eigenvalue weighted by Gasteiger charge is -2.05. The average Bonchev–Trinajstić information content (AvgIpc) is 2.25. The van der Waals surface area contributed by atoms with Crippen molar-refractivity contribution in [2.45, 2.75) is 78.6 Å². The zero-order valence-electron chi connectivity index (χ0n) is 11.8. The molecule has 0 aliphatic rings. The SMILES string of the molecule is CCCCCCCOCCCCCC(C)C. The summed E-state index contributed by atoms with van der Waals surface area (Å²) in [6.07, 6.45) is 12.0. The number of hydrogen-bond acceptors (Lipinski definition) is 1. The van der Waals surface area contributed by atoms with Gasteiger partial charge in [-0.3, -0.25) is 0 Å². The Morgan fingerprint density at radius 1 is 0.750 bits per heavy atom. The lowest BCUT2D eigenvalue weighted by atomic mass is 10.1. The van der Waals surface area contributed by atoms with Crippen molar-refractivity contribution in [3.05, 3.63) is 0 Å². The molecule has 0 aromatic rings. The van der Waals surface area contributed by atoms with Crippen LogP contribution < -0.4 is 0 Å². The van der Waals surface area contributed by atoms with Crippen molar-refractivity contribution >= 4 is 0 Å². The first-order valence-electron chi connectivity index (χ1n) is 7.35. The van der Waals surface area contributed by atoms with E-state index in [-0.39, 0.29) is 0 Å². The van der Waals surface area contributed by atoms with E-state index in [1.54, 1.807) is 0 Å². The van der Waals surface area contributed by atoms with Gasteiger partial charge in [0.2, 0.25) is 0 Å². The summed E-state index contributed by atoms with van der Waals surface area (Å²) in [5, 5.41) is 0. The van der Waals surface area contributed by atoms with Crippen LogP contribution in [0.2, 0.25) is 0 Å². The molecule has 0 fully saturated rings. The van der Waals surface area contributed by atoms with Crippen molar-refractivity contribution in [2.75, 3.05) is 13.2 Å². The highest BCUT2D eigenvalue weighted by Crippen LogP contribution is 2.08. The molecule has 0 aromatic carbocycles. The van der Waals surface area contributed by atoms with Crippen molar-refractivity contribution in [3.8, 4) is 0 Å². The minimum absolute atomic E-state index is 0.861. The number of rotatable bonds is 12. The summed E-state index contributed by atoms with van der Waals surface area (Å²) in [6.45, 7) is 8.81. The second-order valence-corrected chi connectivity index (χ2v) is 5.27. The molecule has 0 saturated heterocycles. The Morgan fingerprint density at radius 2 is 1.31 bits per heavy atom. The topological polar surface area (TPSA) is 9.23 Å². The van der Waals surface area contributed by atoms with E-state index in [0.717, 1.165) is 19.1 Å². The van der Waals surface area contributed by atoms with Crippen LogP contribution in [0.4, 0.5) is 0 Å². The van der Waals surface area contributed by atoms with Gasteiger partial charge < -0.3 is 4.74 Å². The third kappa shape index (κ3) is 14.0. The maximum Gasteiger partial charge on any atom is 0.0466 e. The molecule has 0 rings (SSSR count). The highest BCUT2D eigenvalue weighted by Gasteiger charge is 1.94. The Bertz CT molecular complexity index is 121. The van der Waals surface area contributed by atoms with E-state index in [2.05, 4.69) is 20.8 Å². The van der Waals surface area contributed by atoms with Crippen LogP contribution in [0.5, 0.6) is 0 Å². The molecule has 16 heavy (non-hydrogen) atoms. The summed E-state index contributed by atoms with van der Waals surface area (Å²) >= 11 is 0. The van der Waals surface area contributed by atoms with Gasteiger partial charge in [-0.2, -0.15) is 0 Å². The van der Waals surface area contributed by atoms with Crippen LogP contribution in [0.1, 0.15) is 78.6 Å². The number of hydrogen-bond donors (Lipinski definition) is 0. The zero-order valence-corrected chi connectivity index (χ0v) is 11.8. The summed E-state index contributed by atoms with van der Waals surface area (Å²) in [5.74, 6) is 0.861. The van der Waals surface area contributed by atoms with Crippen molar-refractivity contribution < 1.29 is 4.74 Å². The molecule has 0 aliphatic carbocycles. The molecule has 0 unspecified atom stereocenters. The summed E-state index contributed by atoms with van der Waals surface area (Å²) in [4.78, 5) is 0. The lowest BCUT2D eigenvalue weighted by Crippen LogP contribution is -1.97. The highest BCUT2D eigenvalue weighted by molar-refractivity contribution is 4.47. The van der Waals surface area contributed by atoms with Gasteiger partial charge in [-0.25, -0.2) is 0 Å². The van der Waals surface area contributed by atoms with Crippen LogP contribution in [0.25, 0.3) is 0 Å². The normalized spacial score (nSPS) is 11.2. The van der Waals surface area contributed by atoms with Gasteiger partial charge in [0.05, 0.1) is 0 Å². The molecule has 98 valence electrons. The Hall–Kier alpha value is -0.0400. The van der Waals surface area contributed by atoms with Crippen LogP contribution in [-0.4, -0.2) is 13.2 Å². The summed E-state index contributed by atoms with van der Waals surface area (Å²) in [6, 6.07) is 0. The van der Waals surface area contributed by atoms with Crippen LogP contribution in [0, 0.1) is 5.92 Å². The van der Waals surface area contributed by atoms with Crippen LogP contribution >= 0.6 is 0 Å². The first-order chi connectivity index (χ1) is 7.77. The van der Waals surface area contributed by atoms with Crippen molar-refractivity contribution in [1.82, 2.24) is 0 Å². The lowest BCUT2D eigenvalue weighted by molar-refractivity contribution is 0.125. The smallest absolute Gasteiger partial charge is 0.0466 e. The van der Waals surface area contributed by atoms with E-state index in [4.69, 9.17) is 4.74 Å². The molecule has 0 atom stereocenters. The van der Waals surface area contributed by atoms with Crippen LogP contribution in [0.15, 0.2) is 0 Å². The van der Waals surface area contributed by atoms with Gasteiger partial charge >= 0.3 is 0 Å². The minimum atomic E-state index is 0.861. The predicted octanol–water partition coefficient (Wildman–Crippen LogP) is 5.19. The molecule has 0 saturated carbocycles. The summed E-state index contributed by atoms with van der Waals surface area (Å²) in [7, 11) is 0. The van der Waals surface area contributed by atoms with Gasteiger partial charge in [-0.05, 0) is 18.8 Å². The number of ether oxygens (including phenoxy) is 1. The van der Waals surface area contributed by atoms with Gasteiger partial charge in [0.1, 0.15) is 0 Å². The molecule has 0 aromatic heterocycles. The highest BCUT2D eigenvalue weighted by atomic mass is 16.5. The molecular formula is C15H32O. The van der Waals surface area contributed by atoms with Crippen molar-refractivity contribution in [2.24, 2.45) is 5.92 Å². The fourth-order valence-electron chi connectivity index (χ4n) is 1.84. The fourth-order valence-corrected chi connectivity index (χ4v) is 1.84. The van der Waals surface area contributed by atoms with E-state index in [1.165, 1.54) is 57.8 Å². The molecule has 0 heterocycles. The number of unbranched alkanes of at least 4 members (excludes halogenated alkanes) is 6. The average molecular weight is 228 g/mol. The Morgan fingerprint density at radius 3 is 1.88 bits per heavy atom. The predicted molar refractivity (Wildman–Crippen MR) is 72.9 cm³/mol. The molecule has 0 aliphatic heterocycles. The second-order valence-electron chi connectivity index (χ2n) is 5.27. The van der Waals surface area contributed by atoms with E-state index in [0.29, 0.717) is 0 Å². The van der Waals surface area contributed by atoms with Crippen molar-refractivity contribution in [3.63, 3.8) is 0 Å². The molecule has 0 N–H and O–H groups in total. The third-order valence-electron chi connectivity index (χ3n) is 2.96. The monoisotopic (exact) mass is 228 g/mol. The first-order valence-corrected chi connectivity index (χ1v) is 7.35. The van der Waals surface area contributed by atoms with Gasteiger partial charge in [-0.1, -0.05) is 65.7 Å². The molecule has 0 bridgehead atoms. The quantitative estimate of drug-likeness (QED) is 0.418. The Labute approximate surface area is 103 Å². The fraction of sp³-hybridized carbons (Fsp3) is 1.00. The van der Waals surface area contributed by atoms with Crippen molar-refractivity contribution in [1.29, 1.82) is 0 Å². The standard InChI is InChI=1S/C15H32O/c1-4-5-6-7-10-13-16-14-11-8-9-12-15(2)3/h15H,4-14H2,1-3H3. The maximum atomic E-state index is 5.62. The molecule has 0 radical (unpaired) electrons. The Balaban J connectivity index is 2.88. The van der Waals surface area contributed by atoms with Gasteiger partial charge in [0.25, 0.3) is 0 Å². The molecule has 1 heteroatoms. The van der Waals surface area contributed by atoms with Gasteiger partial charge in [0, 0.05) is 13.2 Å². The maximum absolute atomic E-state index is 5.62. The van der Waals surface area contributed by atoms with E-state index in [1.807, 2.05) is 0 Å².